The molecule has 0 atom stereocenters. The van der Waals surface area contributed by atoms with E-state index in [1.807, 2.05) is 27.7 Å². The third-order valence-electron chi connectivity index (χ3n) is 4.13. The lowest BCUT2D eigenvalue weighted by Gasteiger charge is -2.13. The van der Waals surface area contributed by atoms with Gasteiger partial charge in [-0.05, 0) is 59.9 Å². The van der Waals surface area contributed by atoms with Gasteiger partial charge in [0.05, 0.1) is 32.5 Å². The van der Waals surface area contributed by atoms with E-state index < -0.39 is 0 Å². The maximum atomic E-state index is 5.29. The van der Waals surface area contributed by atoms with Gasteiger partial charge in [0.1, 0.15) is 0 Å². The second kappa shape index (κ2) is 44.6. The summed E-state index contributed by atoms with van der Waals surface area (Å²) in [6.07, 6.45) is 5.58. The molecule has 39 heavy (non-hydrogen) atoms. The molecule has 11 heteroatoms. The van der Waals surface area contributed by atoms with E-state index in [4.69, 9.17) is 56.1 Å². The molecule has 0 aromatic carbocycles. The van der Waals surface area contributed by atoms with Crippen LogP contribution in [0.5, 0.6) is 0 Å². The zero-order valence-corrected chi connectivity index (χ0v) is 26.6. The third kappa shape index (κ3) is 50.9. The zero-order chi connectivity index (χ0) is 30.4. The van der Waals surface area contributed by atoms with Crippen LogP contribution in [-0.2, 0) is 33.2 Å². The molecule has 0 aromatic heterocycles. The minimum atomic E-state index is -0.208. The highest BCUT2D eigenvalue weighted by Crippen LogP contribution is 2.08. The summed E-state index contributed by atoms with van der Waals surface area (Å²) < 4.78 is 35.7. The molecule has 1 aliphatic heterocycles. The summed E-state index contributed by atoms with van der Waals surface area (Å²) in [6.45, 7) is 23.4. The fourth-order valence-electron chi connectivity index (χ4n) is 2.43. The van der Waals surface area contributed by atoms with Crippen molar-refractivity contribution < 1.29 is 33.2 Å². The third-order valence-corrected chi connectivity index (χ3v) is 4.13. The van der Waals surface area contributed by atoms with Crippen molar-refractivity contribution in [1.82, 2.24) is 0 Å². The van der Waals surface area contributed by atoms with E-state index in [1.165, 1.54) is 0 Å². The van der Waals surface area contributed by atoms with Crippen molar-refractivity contribution in [3.8, 4) is 0 Å². The van der Waals surface area contributed by atoms with Crippen LogP contribution in [0.15, 0.2) is 0 Å². The van der Waals surface area contributed by atoms with Gasteiger partial charge in [0.2, 0.25) is 0 Å². The maximum Gasteiger partial charge on any atom is 0.169 e. The molecule has 1 rings (SSSR count). The summed E-state index contributed by atoms with van der Waals surface area (Å²) in [5.41, 5.74) is 20.8. The van der Waals surface area contributed by atoms with Gasteiger partial charge in [0, 0.05) is 52.7 Å². The summed E-state index contributed by atoms with van der Waals surface area (Å²) in [6, 6.07) is 0. The molecule has 0 radical (unpaired) electrons. The van der Waals surface area contributed by atoms with Crippen molar-refractivity contribution >= 4 is 0 Å². The lowest BCUT2D eigenvalue weighted by Crippen LogP contribution is -2.26. The predicted octanol–water partition coefficient (Wildman–Crippen LogP) is 3.01. The van der Waals surface area contributed by atoms with Crippen LogP contribution >= 0.6 is 0 Å². The second-order valence-corrected chi connectivity index (χ2v) is 8.40. The first-order valence-electron chi connectivity index (χ1n) is 14.9. The maximum absolute atomic E-state index is 5.29. The summed E-state index contributed by atoms with van der Waals surface area (Å²) >= 11 is 0. The van der Waals surface area contributed by atoms with Crippen LogP contribution in [0.3, 0.4) is 0 Å². The molecule has 0 aromatic rings. The summed E-state index contributed by atoms with van der Waals surface area (Å²) in [4.78, 5) is 0. The standard InChI is InChI=1S/C6H15NO2.C6H15NO.C6H12O2.2C5H13NO/c1-3-8-6(5-7)9-4-2;1-2-5-8-6-3-4-7;1-2-3-6-7-4-5-8-6;1-5(2)7-4-3-6;1-2-4-7-5-3-6/h6H,3-5,7H2,1-2H3;2-7H2,1H3;6H,2-5H2,1H3;5H,3-4,6H2,1-2H3;2-6H2,1H3. The van der Waals surface area contributed by atoms with Gasteiger partial charge in [-0.2, -0.15) is 0 Å². The zero-order valence-electron chi connectivity index (χ0n) is 26.6. The van der Waals surface area contributed by atoms with Gasteiger partial charge in [0.15, 0.2) is 12.6 Å². The lowest BCUT2D eigenvalue weighted by molar-refractivity contribution is -0.128. The van der Waals surface area contributed by atoms with Crippen LogP contribution in [0.1, 0.15) is 80.6 Å². The number of nitrogens with two attached hydrogens (primary N) is 4. The number of rotatable bonds is 19. The van der Waals surface area contributed by atoms with Crippen LogP contribution in [0, 0.1) is 0 Å². The quantitative estimate of drug-likeness (QED) is 0.133. The molecule has 0 saturated carbocycles. The molecule has 0 aliphatic carbocycles. The van der Waals surface area contributed by atoms with Crippen molar-refractivity contribution in [1.29, 1.82) is 0 Å². The van der Waals surface area contributed by atoms with Gasteiger partial charge in [-0.25, -0.2) is 0 Å². The normalized spacial score (nSPS) is 12.5. The summed E-state index contributed by atoms with van der Waals surface area (Å²) in [5, 5.41) is 0. The van der Waals surface area contributed by atoms with Gasteiger partial charge < -0.3 is 56.1 Å². The highest BCUT2D eigenvalue weighted by Gasteiger charge is 2.13. The topological polar surface area (TPSA) is 169 Å². The Morgan fingerprint density at radius 1 is 0.641 bits per heavy atom. The van der Waals surface area contributed by atoms with Gasteiger partial charge in [-0.15, -0.1) is 0 Å². The van der Waals surface area contributed by atoms with E-state index in [-0.39, 0.29) is 12.6 Å². The molecule has 8 N–H and O–H groups in total. The Labute approximate surface area is 241 Å². The molecule has 1 saturated heterocycles. The molecule has 0 spiro atoms. The van der Waals surface area contributed by atoms with Gasteiger partial charge >= 0.3 is 0 Å². The average Bonchev–Trinajstić information content (AvgIpc) is 3.45. The van der Waals surface area contributed by atoms with Crippen molar-refractivity contribution in [2.75, 3.05) is 85.6 Å². The van der Waals surface area contributed by atoms with Crippen LogP contribution in [0.25, 0.3) is 0 Å². The first kappa shape index (κ1) is 45.5. The summed E-state index contributed by atoms with van der Waals surface area (Å²) in [7, 11) is 0. The molecule has 11 nitrogen and oxygen atoms in total. The molecule has 1 heterocycles. The van der Waals surface area contributed by atoms with Crippen LogP contribution in [0.4, 0.5) is 0 Å². The van der Waals surface area contributed by atoms with Gasteiger partial charge in [-0.3, -0.25) is 0 Å². The second-order valence-electron chi connectivity index (χ2n) is 8.40. The minimum absolute atomic E-state index is 0.111. The van der Waals surface area contributed by atoms with E-state index in [0.717, 1.165) is 71.7 Å². The van der Waals surface area contributed by atoms with E-state index in [1.54, 1.807) is 0 Å². The first-order valence-corrected chi connectivity index (χ1v) is 14.9. The van der Waals surface area contributed by atoms with Crippen LogP contribution in [0.2, 0.25) is 0 Å². The summed E-state index contributed by atoms with van der Waals surface area (Å²) in [5.74, 6) is 0. The first-order chi connectivity index (χ1) is 18.9. The smallest absolute Gasteiger partial charge is 0.169 e. The lowest BCUT2D eigenvalue weighted by atomic mass is 10.3. The number of hydrogen-bond donors (Lipinski definition) is 4. The highest BCUT2D eigenvalue weighted by molar-refractivity contribution is 4.49. The highest BCUT2D eigenvalue weighted by atomic mass is 16.7. The molecule has 242 valence electrons. The van der Waals surface area contributed by atoms with Crippen molar-refractivity contribution in [2.24, 2.45) is 22.9 Å². The fraction of sp³-hybridized carbons (Fsp3) is 1.00. The molecule has 1 fully saturated rings. The van der Waals surface area contributed by atoms with Crippen molar-refractivity contribution in [3.05, 3.63) is 0 Å². The van der Waals surface area contributed by atoms with E-state index >= 15 is 0 Å². The molecule has 0 bridgehead atoms. The van der Waals surface area contributed by atoms with Gasteiger partial charge in [0.25, 0.3) is 0 Å². The van der Waals surface area contributed by atoms with E-state index in [9.17, 15) is 0 Å². The molecular formula is C28H68N4O7. The SMILES string of the molecule is CC(C)OCCN.CCCC1OCCO1.CCCOCCCN.CCCOCCN.CCOC(CN)OCC. The molecular weight excluding hydrogens is 504 g/mol. The predicted molar refractivity (Wildman–Crippen MR) is 162 cm³/mol. The molecule has 0 amide bonds. The Morgan fingerprint density at radius 2 is 1.15 bits per heavy atom. The fourth-order valence-corrected chi connectivity index (χ4v) is 2.43. The number of ether oxygens (including phenoxy) is 7. The van der Waals surface area contributed by atoms with Crippen molar-refractivity contribution in [3.63, 3.8) is 0 Å². The van der Waals surface area contributed by atoms with Crippen LogP contribution in [-0.4, -0.2) is 104 Å². The van der Waals surface area contributed by atoms with Crippen LogP contribution < -0.4 is 22.9 Å². The van der Waals surface area contributed by atoms with E-state index in [0.29, 0.717) is 52.2 Å². The Bertz CT molecular complexity index is 366. The Hall–Kier alpha value is -0.440. The van der Waals surface area contributed by atoms with Gasteiger partial charge in [-0.1, -0.05) is 27.2 Å². The Morgan fingerprint density at radius 3 is 1.49 bits per heavy atom. The molecule has 0 unspecified atom stereocenters. The monoisotopic (exact) mass is 573 g/mol. The average molecular weight is 573 g/mol. The Kier molecular flexibility index (Phi) is 52.1. The number of hydrogen-bond acceptors (Lipinski definition) is 11. The minimum Gasteiger partial charge on any atom is -0.381 e. The molecule has 1 aliphatic rings. The van der Waals surface area contributed by atoms with Crippen molar-refractivity contribution in [2.45, 2.75) is 99.3 Å². The largest absolute Gasteiger partial charge is 0.381 e. The Balaban J connectivity index is -0.000000197. The van der Waals surface area contributed by atoms with E-state index in [2.05, 4.69) is 20.8 Å².